The first-order chi connectivity index (χ1) is 11.2. The average molecular weight is 308 g/mol. The van der Waals surface area contributed by atoms with Crippen LogP contribution in [0.2, 0.25) is 0 Å². The van der Waals surface area contributed by atoms with Gasteiger partial charge in [0.05, 0.1) is 13.7 Å². The Hall–Kier alpha value is -2.55. The summed E-state index contributed by atoms with van der Waals surface area (Å²) in [6.45, 7) is 2.51. The van der Waals surface area contributed by atoms with Crippen molar-refractivity contribution in [3.63, 3.8) is 0 Å². The molecule has 0 aromatic heterocycles. The molecule has 0 unspecified atom stereocenters. The number of fused-ring (bicyclic) bond motifs is 1. The van der Waals surface area contributed by atoms with Crippen LogP contribution < -0.4 is 9.47 Å². The summed E-state index contributed by atoms with van der Waals surface area (Å²) in [6, 6.07) is 13.6. The molecule has 2 aromatic carbocycles. The highest BCUT2D eigenvalue weighted by atomic mass is 16.5. The normalized spacial score (nSPS) is 15.4. The van der Waals surface area contributed by atoms with Crippen LogP contribution in [0.25, 0.3) is 6.08 Å². The van der Waals surface area contributed by atoms with E-state index in [2.05, 4.69) is 0 Å². The summed E-state index contributed by atoms with van der Waals surface area (Å²) in [5.74, 6) is 1.53. The Bertz CT molecular complexity index is 759. The first-order valence-corrected chi connectivity index (χ1v) is 7.87. The highest BCUT2D eigenvalue weighted by molar-refractivity contribution is 6.13. The second kappa shape index (κ2) is 6.69. The third-order valence-electron chi connectivity index (χ3n) is 4.05. The first kappa shape index (κ1) is 15.3. The van der Waals surface area contributed by atoms with Crippen LogP contribution in [0.15, 0.2) is 48.0 Å². The van der Waals surface area contributed by atoms with Gasteiger partial charge in [-0.1, -0.05) is 30.3 Å². The Labute approximate surface area is 136 Å². The number of aryl methyl sites for hydroxylation is 1. The average Bonchev–Trinajstić information content (AvgIpc) is 2.58. The smallest absolute Gasteiger partial charge is 0.189 e. The van der Waals surface area contributed by atoms with E-state index < -0.39 is 0 Å². The van der Waals surface area contributed by atoms with E-state index in [1.54, 1.807) is 7.11 Å². The molecule has 3 rings (SSSR count). The largest absolute Gasteiger partial charge is 0.493 e. The molecule has 3 heteroatoms. The fourth-order valence-electron chi connectivity index (χ4n) is 2.91. The minimum Gasteiger partial charge on any atom is -0.493 e. The Morgan fingerprint density at radius 2 is 1.91 bits per heavy atom. The number of ether oxygens (including phenoxy) is 2. The molecule has 0 radical (unpaired) electrons. The van der Waals surface area contributed by atoms with Crippen LogP contribution in [-0.2, 0) is 6.42 Å². The molecule has 0 amide bonds. The molecule has 2 aromatic rings. The molecule has 0 saturated heterocycles. The second-order valence-corrected chi connectivity index (χ2v) is 5.50. The Kier molecular flexibility index (Phi) is 4.47. The molecule has 0 fully saturated rings. The zero-order chi connectivity index (χ0) is 16.2. The highest BCUT2D eigenvalue weighted by Crippen LogP contribution is 2.31. The van der Waals surface area contributed by atoms with Gasteiger partial charge in [0.25, 0.3) is 0 Å². The van der Waals surface area contributed by atoms with Crippen LogP contribution in [0, 0.1) is 0 Å². The van der Waals surface area contributed by atoms with Gasteiger partial charge in [0, 0.05) is 11.1 Å². The maximum absolute atomic E-state index is 12.6. The van der Waals surface area contributed by atoms with E-state index >= 15 is 0 Å². The number of methoxy groups -OCH3 is 1. The zero-order valence-corrected chi connectivity index (χ0v) is 13.5. The van der Waals surface area contributed by atoms with Gasteiger partial charge < -0.3 is 9.47 Å². The topological polar surface area (TPSA) is 35.5 Å². The monoisotopic (exact) mass is 308 g/mol. The summed E-state index contributed by atoms with van der Waals surface area (Å²) < 4.78 is 10.9. The molecule has 23 heavy (non-hydrogen) atoms. The zero-order valence-electron chi connectivity index (χ0n) is 13.5. The minimum atomic E-state index is 0.126. The molecule has 1 aliphatic rings. The number of hydrogen-bond acceptors (Lipinski definition) is 3. The lowest BCUT2D eigenvalue weighted by Crippen LogP contribution is -2.13. The Balaban J connectivity index is 1.93. The summed E-state index contributed by atoms with van der Waals surface area (Å²) >= 11 is 0. The number of carbonyl (C=O) groups is 1. The number of rotatable bonds is 4. The van der Waals surface area contributed by atoms with Gasteiger partial charge in [-0.3, -0.25) is 4.79 Å². The third-order valence-corrected chi connectivity index (χ3v) is 4.05. The van der Waals surface area contributed by atoms with E-state index in [1.807, 2.05) is 55.5 Å². The Morgan fingerprint density at radius 3 is 2.70 bits per heavy atom. The van der Waals surface area contributed by atoms with Gasteiger partial charge in [0.1, 0.15) is 0 Å². The summed E-state index contributed by atoms with van der Waals surface area (Å²) in [7, 11) is 1.62. The van der Waals surface area contributed by atoms with Gasteiger partial charge in [0.2, 0.25) is 0 Å². The molecule has 0 saturated carbocycles. The fraction of sp³-hybridized carbons (Fsp3) is 0.250. The van der Waals surface area contributed by atoms with Crippen molar-refractivity contribution in [3.05, 3.63) is 64.7 Å². The molecule has 0 bridgehead atoms. The maximum Gasteiger partial charge on any atom is 0.189 e. The number of carbonyl (C=O) groups excluding carboxylic acids is 1. The Morgan fingerprint density at radius 1 is 1.09 bits per heavy atom. The molecule has 0 atom stereocenters. The number of hydrogen-bond donors (Lipinski definition) is 0. The van der Waals surface area contributed by atoms with Gasteiger partial charge >= 0.3 is 0 Å². The van der Waals surface area contributed by atoms with Crippen LogP contribution in [0.5, 0.6) is 11.5 Å². The molecule has 0 aliphatic heterocycles. The number of ketones is 1. The van der Waals surface area contributed by atoms with Crippen molar-refractivity contribution in [2.24, 2.45) is 0 Å². The van der Waals surface area contributed by atoms with Crippen molar-refractivity contribution in [2.45, 2.75) is 19.8 Å². The van der Waals surface area contributed by atoms with Crippen molar-refractivity contribution in [1.82, 2.24) is 0 Å². The van der Waals surface area contributed by atoms with Gasteiger partial charge in [-0.15, -0.1) is 0 Å². The summed E-state index contributed by atoms with van der Waals surface area (Å²) in [5.41, 5.74) is 3.76. The van der Waals surface area contributed by atoms with Crippen LogP contribution in [0.1, 0.15) is 34.8 Å². The SMILES string of the molecule is CCOc1cc(C=C2CCc3ccccc3C2=O)ccc1OC. The predicted octanol–water partition coefficient (Wildman–Crippen LogP) is 4.31. The van der Waals surface area contributed by atoms with E-state index in [0.717, 1.165) is 35.1 Å². The lowest BCUT2D eigenvalue weighted by Gasteiger charge is -2.17. The van der Waals surface area contributed by atoms with Crippen LogP contribution in [0.4, 0.5) is 0 Å². The maximum atomic E-state index is 12.6. The van der Waals surface area contributed by atoms with Crippen LogP contribution >= 0.6 is 0 Å². The predicted molar refractivity (Wildman–Crippen MR) is 91.2 cm³/mol. The molecule has 0 heterocycles. The van der Waals surface area contributed by atoms with Gasteiger partial charge in [0.15, 0.2) is 17.3 Å². The lowest BCUT2D eigenvalue weighted by atomic mass is 9.86. The summed E-state index contributed by atoms with van der Waals surface area (Å²) in [6.07, 6.45) is 3.63. The van der Waals surface area contributed by atoms with E-state index in [-0.39, 0.29) is 5.78 Å². The third kappa shape index (κ3) is 3.14. The summed E-state index contributed by atoms with van der Waals surface area (Å²) in [4.78, 5) is 12.6. The van der Waals surface area contributed by atoms with E-state index in [9.17, 15) is 4.79 Å². The molecule has 0 N–H and O–H groups in total. The molecule has 3 nitrogen and oxygen atoms in total. The van der Waals surface area contributed by atoms with Crippen LogP contribution in [-0.4, -0.2) is 19.5 Å². The molecule has 0 spiro atoms. The van der Waals surface area contributed by atoms with E-state index in [4.69, 9.17) is 9.47 Å². The minimum absolute atomic E-state index is 0.126. The first-order valence-electron chi connectivity index (χ1n) is 7.87. The molecule has 1 aliphatic carbocycles. The molecular weight excluding hydrogens is 288 g/mol. The van der Waals surface area contributed by atoms with E-state index in [1.165, 1.54) is 0 Å². The summed E-state index contributed by atoms with van der Waals surface area (Å²) in [5, 5.41) is 0. The molecule has 118 valence electrons. The number of allylic oxidation sites excluding steroid dienone is 1. The van der Waals surface area contributed by atoms with Crippen molar-refractivity contribution in [2.75, 3.05) is 13.7 Å². The van der Waals surface area contributed by atoms with Crippen molar-refractivity contribution >= 4 is 11.9 Å². The van der Waals surface area contributed by atoms with Crippen molar-refractivity contribution < 1.29 is 14.3 Å². The fourth-order valence-corrected chi connectivity index (χ4v) is 2.91. The van der Waals surface area contributed by atoms with Gasteiger partial charge in [-0.25, -0.2) is 0 Å². The quantitative estimate of drug-likeness (QED) is 0.790. The lowest BCUT2D eigenvalue weighted by molar-refractivity contribution is 0.102. The van der Waals surface area contributed by atoms with Gasteiger partial charge in [-0.05, 0) is 49.1 Å². The number of Topliss-reactive ketones (excluding diaryl/α,β-unsaturated/α-hetero) is 1. The van der Waals surface area contributed by atoms with Crippen molar-refractivity contribution in [3.8, 4) is 11.5 Å². The second-order valence-electron chi connectivity index (χ2n) is 5.50. The highest BCUT2D eigenvalue weighted by Gasteiger charge is 2.21. The standard InChI is InChI=1S/C20H20O3/c1-3-23-19-13-14(8-11-18(19)22-2)12-16-10-9-15-6-4-5-7-17(15)20(16)21/h4-8,11-13H,3,9-10H2,1-2H3. The van der Waals surface area contributed by atoms with Crippen molar-refractivity contribution in [1.29, 1.82) is 0 Å². The van der Waals surface area contributed by atoms with E-state index in [0.29, 0.717) is 18.1 Å². The van der Waals surface area contributed by atoms with Crippen LogP contribution in [0.3, 0.4) is 0 Å². The molecular formula is C20H20O3. The van der Waals surface area contributed by atoms with Gasteiger partial charge in [-0.2, -0.15) is 0 Å². The number of benzene rings is 2.